The third-order valence-corrected chi connectivity index (χ3v) is 6.52. The minimum absolute atomic E-state index is 0.0504. The molecule has 4 rings (SSSR count). The number of carbonyl (C=O) groups excluding carboxylic acids is 3. The van der Waals surface area contributed by atoms with E-state index in [2.05, 4.69) is 10.3 Å². The number of alkyl halides is 3. The molecule has 1 fully saturated rings. The smallest absolute Gasteiger partial charge is 0.459 e. The van der Waals surface area contributed by atoms with Gasteiger partial charge in [-0.05, 0) is 48.0 Å². The number of aromatic nitrogens is 1. The van der Waals surface area contributed by atoms with E-state index in [1.165, 1.54) is 36.9 Å². The van der Waals surface area contributed by atoms with Crippen LogP contribution < -0.4 is 10.2 Å². The maximum atomic E-state index is 12.9. The predicted molar refractivity (Wildman–Crippen MR) is 114 cm³/mol. The molecule has 3 aromatic rings. The number of pyridine rings is 1. The second-order valence-electron chi connectivity index (χ2n) is 7.28. The Labute approximate surface area is 195 Å². The van der Waals surface area contributed by atoms with Crippen molar-refractivity contribution in [1.82, 2.24) is 9.88 Å². The molecule has 0 bridgehead atoms. The van der Waals surface area contributed by atoms with E-state index >= 15 is 0 Å². The van der Waals surface area contributed by atoms with Crippen LogP contribution in [0.25, 0.3) is 0 Å². The summed E-state index contributed by atoms with van der Waals surface area (Å²) in [6, 6.07) is 6.98. The van der Waals surface area contributed by atoms with Crippen LogP contribution in [0, 0.1) is 0 Å². The van der Waals surface area contributed by atoms with E-state index in [0.717, 1.165) is 21.9 Å². The quantitative estimate of drug-likeness (QED) is 0.506. The Kier molecular flexibility index (Phi) is 6.06. The summed E-state index contributed by atoms with van der Waals surface area (Å²) in [4.78, 5) is 42.5. The maximum absolute atomic E-state index is 12.9. The number of urea groups is 1. The van der Waals surface area contributed by atoms with Crippen molar-refractivity contribution in [3.8, 4) is 0 Å². The summed E-state index contributed by atoms with van der Waals surface area (Å²) in [5, 5.41) is 2.61. The number of rotatable bonds is 6. The van der Waals surface area contributed by atoms with E-state index in [9.17, 15) is 36.0 Å². The number of hydrogen-bond donors (Lipinski definition) is 1. The lowest BCUT2D eigenvalue weighted by Crippen LogP contribution is -2.33. The van der Waals surface area contributed by atoms with Gasteiger partial charge in [0.2, 0.25) is 0 Å². The number of amides is 4. The van der Waals surface area contributed by atoms with Gasteiger partial charge in [0.05, 0.1) is 35.3 Å². The summed E-state index contributed by atoms with van der Waals surface area (Å²) in [7, 11) is -5.57. The molecule has 1 aromatic carbocycles. The van der Waals surface area contributed by atoms with Crippen LogP contribution in [0.3, 0.4) is 0 Å². The van der Waals surface area contributed by atoms with Crippen molar-refractivity contribution in [1.29, 1.82) is 0 Å². The van der Waals surface area contributed by atoms with Crippen molar-refractivity contribution in [2.24, 2.45) is 0 Å². The van der Waals surface area contributed by atoms with E-state index in [-0.39, 0.29) is 30.2 Å². The van der Waals surface area contributed by atoms with Gasteiger partial charge in [-0.2, -0.15) is 13.2 Å². The molecule has 2 aromatic heterocycles. The van der Waals surface area contributed by atoms with Crippen LogP contribution in [0.2, 0.25) is 0 Å². The number of benzene rings is 1. The molecule has 14 heteroatoms. The lowest BCUT2D eigenvalue weighted by Gasteiger charge is -2.19. The first-order chi connectivity index (χ1) is 16.5. The molecule has 1 saturated heterocycles. The molecule has 1 N–H and O–H groups in total. The molecule has 0 atom stereocenters. The largest absolute Gasteiger partial charge is 0.501 e. The highest BCUT2D eigenvalue weighted by Crippen LogP contribution is 2.32. The van der Waals surface area contributed by atoms with Gasteiger partial charge in [0.15, 0.2) is 5.76 Å². The van der Waals surface area contributed by atoms with Crippen LogP contribution in [0.1, 0.15) is 16.1 Å². The summed E-state index contributed by atoms with van der Waals surface area (Å²) in [6.07, 6.45) is 4.11. The molecule has 10 nitrogen and oxygen atoms in total. The summed E-state index contributed by atoms with van der Waals surface area (Å²) < 4.78 is 66.3. The van der Waals surface area contributed by atoms with Gasteiger partial charge in [-0.25, -0.2) is 18.1 Å². The molecular weight excluding hydrogens is 493 g/mol. The van der Waals surface area contributed by atoms with E-state index in [0.29, 0.717) is 17.7 Å². The Morgan fingerprint density at radius 2 is 1.83 bits per heavy atom. The third-order valence-electron chi connectivity index (χ3n) is 5.01. The molecule has 182 valence electrons. The normalized spacial score (nSPS) is 14.5. The first-order valence-corrected chi connectivity index (χ1v) is 11.3. The number of imide groups is 1. The molecule has 0 saturated carbocycles. The summed E-state index contributed by atoms with van der Waals surface area (Å²) in [6.45, 7) is -0.451. The van der Waals surface area contributed by atoms with Crippen LogP contribution in [-0.2, 0) is 21.2 Å². The van der Waals surface area contributed by atoms with Crippen molar-refractivity contribution in [2.75, 3.05) is 16.8 Å². The molecule has 0 radical (unpaired) electrons. The monoisotopic (exact) mass is 508 g/mol. The van der Waals surface area contributed by atoms with Crippen molar-refractivity contribution < 1.29 is 40.4 Å². The van der Waals surface area contributed by atoms with Gasteiger partial charge in [0, 0.05) is 6.20 Å². The summed E-state index contributed by atoms with van der Waals surface area (Å²) in [5.74, 6) is -1.17. The first-order valence-electron chi connectivity index (χ1n) is 9.80. The zero-order valence-electron chi connectivity index (χ0n) is 17.5. The number of sulfone groups is 1. The minimum Gasteiger partial charge on any atom is -0.459 e. The van der Waals surface area contributed by atoms with E-state index < -0.39 is 38.1 Å². The topological polar surface area (TPSA) is 130 Å². The van der Waals surface area contributed by atoms with Gasteiger partial charge in [-0.15, -0.1) is 0 Å². The maximum Gasteiger partial charge on any atom is 0.501 e. The molecule has 0 unspecified atom stereocenters. The number of nitrogens with zero attached hydrogens (tertiary/aromatic N) is 3. The Morgan fingerprint density at radius 3 is 2.46 bits per heavy atom. The Bertz CT molecular complexity index is 1390. The summed E-state index contributed by atoms with van der Waals surface area (Å²) in [5.41, 5.74) is -4.85. The Balaban J connectivity index is 1.52. The van der Waals surface area contributed by atoms with Gasteiger partial charge >= 0.3 is 11.5 Å². The number of halogens is 3. The highest BCUT2D eigenvalue weighted by molar-refractivity contribution is 7.92. The molecule has 0 aliphatic carbocycles. The minimum atomic E-state index is -5.57. The van der Waals surface area contributed by atoms with Gasteiger partial charge in [0.1, 0.15) is 6.54 Å². The van der Waals surface area contributed by atoms with Gasteiger partial charge in [0.25, 0.3) is 21.7 Å². The third kappa shape index (κ3) is 4.59. The lowest BCUT2D eigenvalue weighted by molar-refractivity contribution is -0.116. The molecule has 3 heterocycles. The zero-order chi connectivity index (χ0) is 25.4. The lowest BCUT2D eigenvalue weighted by atomic mass is 10.2. The highest BCUT2D eigenvalue weighted by atomic mass is 32.2. The molecular formula is C21H15F3N4O6S. The van der Waals surface area contributed by atoms with Crippen molar-refractivity contribution in [3.05, 3.63) is 72.4 Å². The Hall–Kier alpha value is -4.20. The molecule has 4 amide bonds. The number of carbonyl (C=O) groups is 3. The van der Waals surface area contributed by atoms with Crippen molar-refractivity contribution in [3.63, 3.8) is 0 Å². The van der Waals surface area contributed by atoms with Crippen LogP contribution in [0.4, 0.5) is 29.3 Å². The molecule has 0 spiro atoms. The predicted octanol–water partition coefficient (Wildman–Crippen LogP) is 3.19. The van der Waals surface area contributed by atoms with Crippen LogP contribution in [-0.4, -0.2) is 48.2 Å². The fourth-order valence-electron chi connectivity index (χ4n) is 3.31. The van der Waals surface area contributed by atoms with Crippen LogP contribution in [0.5, 0.6) is 0 Å². The zero-order valence-corrected chi connectivity index (χ0v) is 18.3. The van der Waals surface area contributed by atoms with Crippen LogP contribution >= 0.6 is 0 Å². The average Bonchev–Trinajstić information content (AvgIpc) is 3.43. The number of furan rings is 1. The number of hydrogen-bond acceptors (Lipinski definition) is 7. The number of anilines is 2. The van der Waals surface area contributed by atoms with Crippen molar-refractivity contribution in [2.45, 2.75) is 16.9 Å². The van der Waals surface area contributed by atoms with Crippen LogP contribution in [0.15, 0.2) is 70.4 Å². The molecule has 1 aliphatic rings. The number of nitrogens with one attached hydrogen (secondary N) is 1. The standard InChI is InChI=1S/C21H15F3N4O6S/c22-21(23,24)35(32,33)15-5-3-14(4-6-15)28-18(29)12-27(20(28)31)11-13-7-8-25-10-16(13)26-19(30)17-2-1-9-34-17/h1-10H,11-12H2,(H,26,30). The second-order valence-corrected chi connectivity index (χ2v) is 9.22. The molecule has 35 heavy (non-hydrogen) atoms. The van der Waals surface area contributed by atoms with Gasteiger partial charge in [-0.3, -0.25) is 14.6 Å². The van der Waals surface area contributed by atoms with E-state index in [1.54, 1.807) is 0 Å². The Morgan fingerprint density at radius 1 is 1.11 bits per heavy atom. The summed E-state index contributed by atoms with van der Waals surface area (Å²) >= 11 is 0. The van der Waals surface area contributed by atoms with E-state index in [4.69, 9.17) is 4.42 Å². The fourth-order valence-corrected chi connectivity index (χ4v) is 4.07. The van der Waals surface area contributed by atoms with Gasteiger partial charge < -0.3 is 14.6 Å². The average molecular weight is 508 g/mol. The SMILES string of the molecule is O=C(Nc1cnccc1CN1CC(=O)N(c2ccc(S(=O)(=O)C(F)(F)F)cc2)C1=O)c1ccco1. The fraction of sp³-hybridized carbons (Fsp3) is 0.143. The van der Waals surface area contributed by atoms with Crippen molar-refractivity contribution >= 4 is 39.1 Å². The van der Waals surface area contributed by atoms with E-state index in [1.807, 2.05) is 0 Å². The highest BCUT2D eigenvalue weighted by Gasteiger charge is 2.47. The molecule has 1 aliphatic heterocycles. The first kappa shape index (κ1) is 23.9. The van der Waals surface area contributed by atoms with Gasteiger partial charge in [-0.1, -0.05) is 0 Å². The second kappa shape index (κ2) is 8.87.